The van der Waals surface area contributed by atoms with E-state index in [0.717, 1.165) is 18.7 Å². The Hall–Kier alpha value is -1.49. The van der Waals surface area contributed by atoms with Crippen molar-refractivity contribution in [3.8, 4) is 11.5 Å². The third-order valence-corrected chi connectivity index (χ3v) is 3.50. The molecule has 4 nitrogen and oxygen atoms in total. The van der Waals surface area contributed by atoms with Crippen molar-refractivity contribution in [1.82, 2.24) is 5.32 Å². The predicted molar refractivity (Wildman–Crippen MR) is 92.3 cm³/mol. The van der Waals surface area contributed by atoms with Crippen LogP contribution in [0.2, 0.25) is 0 Å². The highest BCUT2D eigenvalue weighted by Crippen LogP contribution is 2.28. The largest absolute Gasteiger partial charge is 0.504 e. The molecule has 0 saturated heterocycles. The van der Waals surface area contributed by atoms with Crippen molar-refractivity contribution in [2.75, 3.05) is 19.0 Å². The van der Waals surface area contributed by atoms with Gasteiger partial charge >= 0.3 is 0 Å². The zero-order valence-electron chi connectivity index (χ0n) is 12.9. The van der Waals surface area contributed by atoms with Crippen LogP contribution in [-0.4, -0.2) is 23.9 Å². The number of benzene rings is 1. The fourth-order valence-corrected chi connectivity index (χ4v) is 2.26. The molecule has 0 fully saturated rings. The molecule has 0 atom stereocenters. The molecule has 0 unspecified atom stereocenters. The molecule has 0 aliphatic heterocycles. The minimum Gasteiger partial charge on any atom is -0.504 e. The van der Waals surface area contributed by atoms with Gasteiger partial charge in [0.2, 0.25) is 0 Å². The van der Waals surface area contributed by atoms with Crippen molar-refractivity contribution < 1.29 is 9.84 Å². The summed E-state index contributed by atoms with van der Waals surface area (Å²) in [4.78, 5) is 0. The van der Waals surface area contributed by atoms with E-state index in [1.165, 1.54) is 39.2 Å². The van der Waals surface area contributed by atoms with E-state index in [0.29, 0.717) is 10.9 Å². The molecule has 1 rings (SSSR count). The number of phenolic OH excluding ortho intramolecular Hbond substituents is 1. The molecule has 118 valence electrons. The highest BCUT2D eigenvalue weighted by atomic mass is 32.1. The average molecular weight is 310 g/mol. The summed E-state index contributed by atoms with van der Waals surface area (Å²) >= 11 is 5.24. The molecule has 0 bridgehead atoms. The van der Waals surface area contributed by atoms with Crippen LogP contribution in [0.5, 0.6) is 11.5 Å². The summed E-state index contributed by atoms with van der Waals surface area (Å²) in [5.41, 5.74) is 0.796. The lowest BCUT2D eigenvalue weighted by molar-refractivity contribution is 0.374. The number of methoxy groups -OCH3 is 1. The van der Waals surface area contributed by atoms with Gasteiger partial charge < -0.3 is 20.5 Å². The van der Waals surface area contributed by atoms with Gasteiger partial charge in [-0.15, -0.1) is 0 Å². The van der Waals surface area contributed by atoms with Crippen LogP contribution >= 0.6 is 12.2 Å². The third-order valence-electron chi connectivity index (χ3n) is 3.25. The number of unbranched alkanes of at least 4 members (excludes halogenated alkanes) is 5. The number of aromatic hydroxyl groups is 1. The number of hydrogen-bond donors (Lipinski definition) is 3. The van der Waals surface area contributed by atoms with Crippen LogP contribution in [-0.2, 0) is 0 Å². The van der Waals surface area contributed by atoms with E-state index < -0.39 is 0 Å². The van der Waals surface area contributed by atoms with Gasteiger partial charge in [-0.3, -0.25) is 0 Å². The second-order valence-corrected chi connectivity index (χ2v) is 5.44. The van der Waals surface area contributed by atoms with Crippen LogP contribution in [0.1, 0.15) is 45.4 Å². The first-order chi connectivity index (χ1) is 10.2. The molecule has 0 aromatic heterocycles. The molecule has 0 radical (unpaired) electrons. The highest BCUT2D eigenvalue weighted by molar-refractivity contribution is 7.80. The maximum Gasteiger partial charge on any atom is 0.170 e. The summed E-state index contributed by atoms with van der Waals surface area (Å²) < 4.78 is 5.06. The monoisotopic (exact) mass is 310 g/mol. The van der Waals surface area contributed by atoms with Crippen molar-refractivity contribution >= 4 is 23.0 Å². The van der Waals surface area contributed by atoms with Crippen LogP contribution in [0.25, 0.3) is 0 Å². The summed E-state index contributed by atoms with van der Waals surface area (Å²) in [7, 11) is 1.52. The molecule has 0 spiro atoms. The topological polar surface area (TPSA) is 53.5 Å². The van der Waals surface area contributed by atoms with E-state index in [-0.39, 0.29) is 5.75 Å². The van der Waals surface area contributed by atoms with Crippen LogP contribution in [0.3, 0.4) is 0 Å². The molecule has 21 heavy (non-hydrogen) atoms. The summed E-state index contributed by atoms with van der Waals surface area (Å²) in [5.74, 6) is 0.549. The Kier molecular flexibility index (Phi) is 8.59. The van der Waals surface area contributed by atoms with Crippen molar-refractivity contribution in [3.63, 3.8) is 0 Å². The first-order valence-electron chi connectivity index (χ1n) is 7.59. The van der Waals surface area contributed by atoms with Gasteiger partial charge in [-0.05, 0) is 30.8 Å². The fourth-order valence-electron chi connectivity index (χ4n) is 2.04. The normalized spacial score (nSPS) is 10.2. The smallest absolute Gasteiger partial charge is 0.170 e. The van der Waals surface area contributed by atoms with Crippen molar-refractivity contribution in [2.24, 2.45) is 0 Å². The van der Waals surface area contributed by atoms with Crippen LogP contribution in [0.4, 0.5) is 5.69 Å². The quantitative estimate of drug-likeness (QED) is 0.365. The summed E-state index contributed by atoms with van der Waals surface area (Å²) in [6, 6.07) is 5.06. The van der Waals surface area contributed by atoms with Crippen LogP contribution in [0.15, 0.2) is 18.2 Å². The van der Waals surface area contributed by atoms with E-state index in [9.17, 15) is 5.11 Å². The van der Waals surface area contributed by atoms with Gasteiger partial charge in [0.05, 0.1) is 7.11 Å². The zero-order valence-corrected chi connectivity index (χ0v) is 13.8. The van der Waals surface area contributed by atoms with E-state index in [4.69, 9.17) is 17.0 Å². The predicted octanol–water partition coefficient (Wildman–Crippen LogP) is 4.05. The number of ether oxygens (including phenoxy) is 1. The number of thiocarbonyl (C=S) groups is 1. The van der Waals surface area contributed by atoms with Crippen LogP contribution in [0, 0.1) is 0 Å². The summed E-state index contributed by atoms with van der Waals surface area (Å²) in [5, 5.41) is 16.4. The Labute approximate surface area is 132 Å². The number of phenols is 1. The van der Waals surface area contributed by atoms with Gasteiger partial charge in [0.1, 0.15) is 0 Å². The maximum absolute atomic E-state index is 9.53. The molecule has 0 saturated carbocycles. The van der Waals surface area contributed by atoms with E-state index >= 15 is 0 Å². The standard InChI is InChI=1S/C16H26N2O2S/c1-3-4-5-6-7-8-11-17-16(21)18-13-9-10-14(19)15(12-13)20-2/h9-10,12,19H,3-8,11H2,1-2H3,(H2,17,18,21). The van der Waals surface area contributed by atoms with Gasteiger partial charge in [-0.25, -0.2) is 0 Å². The lowest BCUT2D eigenvalue weighted by Gasteiger charge is -2.12. The number of hydrogen-bond acceptors (Lipinski definition) is 3. The Morgan fingerprint density at radius 2 is 1.90 bits per heavy atom. The molecule has 5 heteroatoms. The molecule has 3 N–H and O–H groups in total. The molecule has 0 heterocycles. The summed E-state index contributed by atoms with van der Waals surface area (Å²) in [6.45, 7) is 3.11. The molecule has 0 aliphatic carbocycles. The Morgan fingerprint density at radius 3 is 2.62 bits per heavy atom. The lowest BCUT2D eigenvalue weighted by Crippen LogP contribution is -2.29. The Morgan fingerprint density at radius 1 is 1.19 bits per heavy atom. The maximum atomic E-state index is 9.53. The minimum absolute atomic E-state index is 0.119. The van der Waals surface area contributed by atoms with E-state index in [1.807, 2.05) is 0 Å². The van der Waals surface area contributed by atoms with Crippen LogP contribution < -0.4 is 15.4 Å². The second-order valence-electron chi connectivity index (χ2n) is 5.04. The lowest BCUT2D eigenvalue weighted by atomic mass is 10.1. The van der Waals surface area contributed by atoms with Gasteiger partial charge in [-0.1, -0.05) is 39.0 Å². The van der Waals surface area contributed by atoms with Gasteiger partial charge in [0.15, 0.2) is 16.6 Å². The van der Waals surface area contributed by atoms with E-state index in [1.54, 1.807) is 18.2 Å². The Bertz CT molecular complexity index is 438. The number of nitrogens with one attached hydrogen (secondary N) is 2. The second kappa shape index (κ2) is 10.3. The number of rotatable bonds is 9. The Balaban J connectivity index is 2.21. The average Bonchev–Trinajstić information content (AvgIpc) is 2.48. The SMILES string of the molecule is CCCCCCCCNC(=S)Nc1ccc(O)c(OC)c1. The first-order valence-corrected chi connectivity index (χ1v) is 8.00. The van der Waals surface area contributed by atoms with Crippen molar-refractivity contribution in [1.29, 1.82) is 0 Å². The molecular weight excluding hydrogens is 284 g/mol. The molecule has 1 aromatic rings. The molecule has 1 aromatic carbocycles. The van der Waals surface area contributed by atoms with Crippen molar-refractivity contribution in [3.05, 3.63) is 18.2 Å². The molecular formula is C16H26N2O2S. The molecule has 0 aliphatic rings. The molecule has 0 amide bonds. The van der Waals surface area contributed by atoms with Crippen molar-refractivity contribution in [2.45, 2.75) is 45.4 Å². The first kappa shape index (κ1) is 17.6. The number of anilines is 1. The van der Waals surface area contributed by atoms with Gasteiger partial charge in [-0.2, -0.15) is 0 Å². The fraction of sp³-hybridized carbons (Fsp3) is 0.562. The summed E-state index contributed by atoms with van der Waals surface area (Å²) in [6.07, 6.45) is 7.60. The zero-order chi connectivity index (χ0) is 15.5. The highest BCUT2D eigenvalue weighted by Gasteiger charge is 2.03. The third kappa shape index (κ3) is 7.18. The van der Waals surface area contributed by atoms with E-state index in [2.05, 4.69) is 17.6 Å². The minimum atomic E-state index is 0.119. The van der Waals surface area contributed by atoms with Gasteiger partial charge in [0, 0.05) is 18.3 Å². The van der Waals surface area contributed by atoms with Gasteiger partial charge in [0.25, 0.3) is 0 Å².